The molecule has 1 aliphatic heterocycles. The Balaban J connectivity index is 2.03. The van der Waals surface area contributed by atoms with Crippen LogP contribution in [-0.4, -0.2) is 44.6 Å². The van der Waals surface area contributed by atoms with Crippen molar-refractivity contribution in [1.82, 2.24) is 4.90 Å². The van der Waals surface area contributed by atoms with Gasteiger partial charge in [-0.15, -0.1) is 0 Å². The molecule has 21 heavy (non-hydrogen) atoms. The minimum Gasteiger partial charge on any atom is -0.372 e. The van der Waals surface area contributed by atoms with Gasteiger partial charge in [0.05, 0.1) is 17.1 Å². The van der Waals surface area contributed by atoms with Crippen LogP contribution in [0.3, 0.4) is 0 Å². The zero-order valence-corrected chi connectivity index (χ0v) is 13.3. The van der Waals surface area contributed by atoms with Crippen molar-refractivity contribution in [2.75, 3.05) is 18.4 Å². The number of nitrogens with zero attached hydrogens (tertiary/aromatic N) is 1. The molecule has 1 aliphatic rings. The van der Waals surface area contributed by atoms with Crippen LogP contribution in [0.15, 0.2) is 29.2 Å². The second kappa shape index (κ2) is 6.21. The smallest absolute Gasteiger partial charge is 0.322 e. The lowest BCUT2D eigenvalue weighted by Gasteiger charge is -2.35. The number of halogens is 1. The summed E-state index contributed by atoms with van der Waals surface area (Å²) in [4.78, 5) is 13.8. The van der Waals surface area contributed by atoms with Gasteiger partial charge in [0, 0.05) is 29.5 Å². The molecule has 0 radical (unpaired) electrons. The quantitative estimate of drug-likeness (QED) is 0.843. The van der Waals surface area contributed by atoms with E-state index in [2.05, 4.69) is 5.32 Å². The van der Waals surface area contributed by atoms with E-state index in [0.717, 1.165) is 0 Å². The van der Waals surface area contributed by atoms with E-state index >= 15 is 0 Å². The van der Waals surface area contributed by atoms with Crippen LogP contribution in [0.1, 0.15) is 13.8 Å². The second-order valence-corrected chi connectivity index (χ2v) is 7.62. The number of morpholine rings is 1. The fourth-order valence-corrected chi connectivity index (χ4v) is 3.02. The van der Waals surface area contributed by atoms with Crippen LogP contribution >= 0.6 is 10.7 Å². The Morgan fingerprint density at radius 1 is 1.24 bits per heavy atom. The van der Waals surface area contributed by atoms with Crippen LogP contribution < -0.4 is 5.32 Å². The molecule has 116 valence electrons. The predicted octanol–water partition coefficient (Wildman–Crippen LogP) is 2.26. The van der Waals surface area contributed by atoms with Crippen LogP contribution in [0, 0.1) is 0 Å². The fraction of sp³-hybridized carbons (Fsp3) is 0.462. The van der Waals surface area contributed by atoms with Crippen molar-refractivity contribution in [3.05, 3.63) is 24.3 Å². The molecule has 0 spiro atoms. The van der Waals surface area contributed by atoms with Gasteiger partial charge in [0.15, 0.2) is 0 Å². The number of hydrogen-bond acceptors (Lipinski definition) is 4. The Kier molecular flexibility index (Phi) is 4.75. The van der Waals surface area contributed by atoms with Gasteiger partial charge in [-0.05, 0) is 38.1 Å². The maximum Gasteiger partial charge on any atom is 0.322 e. The third-order valence-corrected chi connectivity index (χ3v) is 4.46. The molecule has 0 aliphatic carbocycles. The van der Waals surface area contributed by atoms with E-state index in [0.29, 0.717) is 18.8 Å². The van der Waals surface area contributed by atoms with E-state index in [-0.39, 0.29) is 23.1 Å². The summed E-state index contributed by atoms with van der Waals surface area (Å²) in [6, 6.07) is 5.46. The molecule has 1 aromatic rings. The van der Waals surface area contributed by atoms with Crippen LogP contribution in [0.2, 0.25) is 0 Å². The maximum atomic E-state index is 12.2. The first-order chi connectivity index (χ1) is 9.75. The summed E-state index contributed by atoms with van der Waals surface area (Å²) in [7, 11) is 1.48. The highest BCUT2D eigenvalue weighted by Crippen LogP contribution is 2.18. The average molecular weight is 333 g/mol. The van der Waals surface area contributed by atoms with E-state index in [4.69, 9.17) is 15.4 Å². The summed E-state index contributed by atoms with van der Waals surface area (Å²) >= 11 is 0. The van der Waals surface area contributed by atoms with Gasteiger partial charge in [-0.2, -0.15) is 0 Å². The van der Waals surface area contributed by atoms with Gasteiger partial charge >= 0.3 is 6.03 Å². The van der Waals surface area contributed by atoms with E-state index in [1.54, 1.807) is 4.90 Å². The number of ether oxygens (including phenoxy) is 1. The van der Waals surface area contributed by atoms with Gasteiger partial charge < -0.3 is 15.0 Å². The highest BCUT2D eigenvalue weighted by Gasteiger charge is 2.25. The molecule has 2 amide bonds. The normalized spacial score (nSPS) is 22.9. The predicted molar refractivity (Wildman–Crippen MR) is 80.1 cm³/mol. The molecule has 0 aromatic heterocycles. The number of hydrogen-bond donors (Lipinski definition) is 1. The monoisotopic (exact) mass is 332 g/mol. The van der Waals surface area contributed by atoms with Crippen molar-refractivity contribution in [3.8, 4) is 0 Å². The van der Waals surface area contributed by atoms with Crippen LogP contribution in [0.5, 0.6) is 0 Å². The van der Waals surface area contributed by atoms with Crippen LogP contribution in [-0.2, 0) is 13.8 Å². The van der Waals surface area contributed by atoms with Crippen molar-refractivity contribution >= 4 is 31.5 Å². The number of carbonyl (C=O) groups is 1. The summed E-state index contributed by atoms with van der Waals surface area (Å²) in [6.45, 7) is 4.86. The minimum atomic E-state index is -3.75. The molecule has 2 rings (SSSR count). The number of amides is 2. The van der Waals surface area contributed by atoms with Crippen molar-refractivity contribution in [1.29, 1.82) is 0 Å². The van der Waals surface area contributed by atoms with Gasteiger partial charge in [0.1, 0.15) is 0 Å². The van der Waals surface area contributed by atoms with E-state index in [1.165, 1.54) is 24.3 Å². The van der Waals surface area contributed by atoms with Crippen molar-refractivity contribution < 1.29 is 17.9 Å². The van der Waals surface area contributed by atoms with Gasteiger partial charge in [0.25, 0.3) is 9.05 Å². The topological polar surface area (TPSA) is 75.7 Å². The third-order valence-electron chi connectivity index (χ3n) is 3.09. The van der Waals surface area contributed by atoms with Crippen molar-refractivity contribution in [3.63, 3.8) is 0 Å². The standard InChI is InChI=1S/C13H17ClN2O4S/c1-9-7-16(8-10(2)20-9)13(17)15-11-3-5-12(6-4-11)21(14,18)19/h3-6,9-10H,7-8H2,1-2H3,(H,15,17)/t9-,10+. The van der Waals surface area contributed by atoms with Crippen molar-refractivity contribution in [2.24, 2.45) is 0 Å². The summed E-state index contributed by atoms with van der Waals surface area (Å²) in [6.07, 6.45) is -0.0217. The minimum absolute atomic E-state index is 0.00391. The lowest BCUT2D eigenvalue weighted by molar-refractivity contribution is -0.0530. The summed E-state index contributed by atoms with van der Waals surface area (Å²) in [5.41, 5.74) is 0.510. The molecule has 6 nitrogen and oxygen atoms in total. The summed E-state index contributed by atoms with van der Waals surface area (Å²) in [5, 5.41) is 2.72. The van der Waals surface area contributed by atoms with E-state index < -0.39 is 9.05 Å². The highest BCUT2D eigenvalue weighted by atomic mass is 35.7. The Hall–Kier alpha value is -1.31. The first-order valence-corrected chi connectivity index (χ1v) is 8.83. The summed E-state index contributed by atoms with van der Waals surface area (Å²) < 4.78 is 27.9. The lowest BCUT2D eigenvalue weighted by Crippen LogP contribution is -2.49. The zero-order valence-electron chi connectivity index (χ0n) is 11.7. The number of benzene rings is 1. The van der Waals surface area contributed by atoms with Gasteiger partial charge in [0.2, 0.25) is 0 Å². The number of urea groups is 1. The van der Waals surface area contributed by atoms with Crippen LogP contribution in [0.4, 0.5) is 10.5 Å². The van der Waals surface area contributed by atoms with E-state index in [9.17, 15) is 13.2 Å². The Bertz CT molecular complexity index is 608. The molecule has 8 heteroatoms. The number of anilines is 1. The fourth-order valence-electron chi connectivity index (χ4n) is 2.25. The molecule has 0 saturated carbocycles. The Labute approximate surface area is 128 Å². The van der Waals surface area contributed by atoms with Gasteiger partial charge in [-0.1, -0.05) is 0 Å². The van der Waals surface area contributed by atoms with Gasteiger partial charge in [-0.25, -0.2) is 13.2 Å². The average Bonchev–Trinajstić information content (AvgIpc) is 2.37. The molecule has 2 atom stereocenters. The second-order valence-electron chi connectivity index (χ2n) is 5.05. The molecule has 1 fully saturated rings. The highest BCUT2D eigenvalue weighted by molar-refractivity contribution is 8.13. The lowest BCUT2D eigenvalue weighted by atomic mass is 10.2. The number of carbonyl (C=O) groups excluding carboxylic acids is 1. The molecule has 0 unspecified atom stereocenters. The van der Waals surface area contributed by atoms with Crippen LogP contribution in [0.25, 0.3) is 0 Å². The molecular weight excluding hydrogens is 316 g/mol. The maximum absolute atomic E-state index is 12.2. The molecule has 1 N–H and O–H groups in total. The first-order valence-electron chi connectivity index (χ1n) is 6.52. The van der Waals surface area contributed by atoms with Gasteiger partial charge in [-0.3, -0.25) is 0 Å². The SMILES string of the molecule is C[C@@H]1CN(C(=O)Nc2ccc(S(=O)(=O)Cl)cc2)C[C@H](C)O1. The zero-order chi connectivity index (χ0) is 15.6. The molecule has 1 saturated heterocycles. The molecule has 1 heterocycles. The largest absolute Gasteiger partial charge is 0.372 e. The number of nitrogens with one attached hydrogen (secondary N) is 1. The van der Waals surface area contributed by atoms with E-state index in [1.807, 2.05) is 13.8 Å². The molecule has 0 bridgehead atoms. The summed E-state index contributed by atoms with van der Waals surface area (Å²) in [5.74, 6) is 0. The number of rotatable bonds is 2. The first kappa shape index (κ1) is 16.1. The molecular formula is C13H17ClN2O4S. The Morgan fingerprint density at radius 2 is 1.76 bits per heavy atom. The van der Waals surface area contributed by atoms with Crippen molar-refractivity contribution in [2.45, 2.75) is 31.0 Å². The Morgan fingerprint density at radius 3 is 2.24 bits per heavy atom. The molecule has 1 aromatic carbocycles. The third kappa shape index (κ3) is 4.33.